The maximum absolute atomic E-state index is 12.2. The van der Waals surface area contributed by atoms with E-state index in [1.807, 2.05) is 6.92 Å². The number of aromatic amines is 1. The van der Waals surface area contributed by atoms with E-state index in [2.05, 4.69) is 10.2 Å². The number of nitrogens with one attached hydrogen (secondary N) is 1. The summed E-state index contributed by atoms with van der Waals surface area (Å²) in [6.45, 7) is 2.29. The maximum Gasteiger partial charge on any atom is 0.309 e. The van der Waals surface area contributed by atoms with Crippen LogP contribution in [0, 0.1) is 5.41 Å². The van der Waals surface area contributed by atoms with Gasteiger partial charge in [-0.1, -0.05) is 6.92 Å². The number of aromatic nitrogens is 2. The Hall–Kier alpha value is -1.41. The zero-order valence-electron chi connectivity index (χ0n) is 10.7. The molecule has 8 heteroatoms. The second kappa shape index (κ2) is 4.93. The number of sulfonamides is 1. The standard InChI is InChI=1S/C11H17N3O4S/c1-2-11(10(15)16)3-5-14(6-4-11)19(17,18)9-7-12-13-8-9/h7-8H,2-6H2,1H3,(H,12,13)(H,15,16). The molecule has 106 valence electrons. The lowest BCUT2D eigenvalue weighted by molar-refractivity contribution is -0.151. The summed E-state index contributed by atoms with van der Waals surface area (Å²) < 4.78 is 25.8. The molecular formula is C11H17N3O4S. The Balaban J connectivity index is 2.15. The molecule has 0 amide bonds. The van der Waals surface area contributed by atoms with Crippen molar-refractivity contribution < 1.29 is 18.3 Å². The van der Waals surface area contributed by atoms with E-state index in [0.717, 1.165) is 0 Å². The second-order valence-corrected chi connectivity index (χ2v) is 6.72. The molecule has 0 aromatic carbocycles. The Labute approximate surface area is 111 Å². The van der Waals surface area contributed by atoms with Crippen LogP contribution in [0.4, 0.5) is 0 Å². The van der Waals surface area contributed by atoms with Gasteiger partial charge >= 0.3 is 5.97 Å². The van der Waals surface area contributed by atoms with E-state index in [1.165, 1.54) is 16.7 Å². The summed E-state index contributed by atoms with van der Waals surface area (Å²) in [5, 5.41) is 15.4. The summed E-state index contributed by atoms with van der Waals surface area (Å²) in [5.74, 6) is -0.838. The fourth-order valence-corrected chi connectivity index (χ4v) is 3.75. The van der Waals surface area contributed by atoms with E-state index in [9.17, 15) is 18.3 Å². The summed E-state index contributed by atoms with van der Waals surface area (Å²) in [7, 11) is -3.56. The van der Waals surface area contributed by atoms with Crippen LogP contribution in [0.3, 0.4) is 0 Å². The number of carbonyl (C=O) groups is 1. The van der Waals surface area contributed by atoms with Crippen LogP contribution in [0.2, 0.25) is 0 Å². The molecule has 0 atom stereocenters. The highest BCUT2D eigenvalue weighted by Crippen LogP contribution is 2.36. The molecule has 0 bridgehead atoms. The van der Waals surface area contributed by atoms with Crippen LogP contribution < -0.4 is 0 Å². The molecule has 1 fully saturated rings. The molecule has 1 aliphatic heterocycles. The van der Waals surface area contributed by atoms with Gasteiger partial charge in [-0.15, -0.1) is 0 Å². The van der Waals surface area contributed by atoms with Gasteiger partial charge in [0, 0.05) is 19.3 Å². The molecule has 2 heterocycles. The van der Waals surface area contributed by atoms with Gasteiger partial charge in [-0.3, -0.25) is 9.89 Å². The average Bonchev–Trinajstić information content (AvgIpc) is 2.93. The van der Waals surface area contributed by atoms with Crippen molar-refractivity contribution in [3.63, 3.8) is 0 Å². The minimum atomic E-state index is -3.56. The van der Waals surface area contributed by atoms with Crippen molar-refractivity contribution in [2.24, 2.45) is 5.41 Å². The van der Waals surface area contributed by atoms with Crippen LogP contribution in [0.25, 0.3) is 0 Å². The monoisotopic (exact) mass is 287 g/mol. The van der Waals surface area contributed by atoms with E-state index in [4.69, 9.17) is 0 Å². The molecule has 0 unspecified atom stereocenters. The maximum atomic E-state index is 12.2. The highest BCUT2D eigenvalue weighted by molar-refractivity contribution is 7.89. The van der Waals surface area contributed by atoms with E-state index in [1.54, 1.807) is 0 Å². The molecule has 1 aromatic rings. The van der Waals surface area contributed by atoms with Gasteiger partial charge in [-0.05, 0) is 19.3 Å². The van der Waals surface area contributed by atoms with Crippen molar-refractivity contribution >= 4 is 16.0 Å². The first-order valence-electron chi connectivity index (χ1n) is 6.15. The van der Waals surface area contributed by atoms with Gasteiger partial charge < -0.3 is 5.11 Å². The van der Waals surface area contributed by atoms with Gasteiger partial charge in [0.15, 0.2) is 0 Å². The lowest BCUT2D eigenvalue weighted by atomic mass is 9.77. The Morgan fingerprint density at radius 2 is 2.16 bits per heavy atom. The summed E-state index contributed by atoms with van der Waals surface area (Å²) in [4.78, 5) is 11.4. The van der Waals surface area contributed by atoms with Gasteiger partial charge in [0.05, 0.1) is 11.6 Å². The average molecular weight is 287 g/mol. The molecule has 0 aliphatic carbocycles. The lowest BCUT2D eigenvalue weighted by Gasteiger charge is -2.37. The highest BCUT2D eigenvalue weighted by atomic mass is 32.2. The first kappa shape index (κ1) is 14.0. The largest absolute Gasteiger partial charge is 0.481 e. The summed E-state index contributed by atoms with van der Waals surface area (Å²) in [5.41, 5.74) is -0.789. The van der Waals surface area contributed by atoms with E-state index in [-0.39, 0.29) is 18.0 Å². The Morgan fingerprint density at radius 1 is 1.53 bits per heavy atom. The molecule has 7 nitrogen and oxygen atoms in total. The number of H-pyrrole nitrogens is 1. The fraction of sp³-hybridized carbons (Fsp3) is 0.636. The van der Waals surface area contributed by atoms with E-state index in [0.29, 0.717) is 19.3 Å². The lowest BCUT2D eigenvalue weighted by Crippen LogP contribution is -2.46. The Morgan fingerprint density at radius 3 is 2.58 bits per heavy atom. The topological polar surface area (TPSA) is 103 Å². The quantitative estimate of drug-likeness (QED) is 0.847. The summed E-state index contributed by atoms with van der Waals surface area (Å²) in [6.07, 6.45) is 3.79. The number of hydrogen-bond donors (Lipinski definition) is 2. The fourth-order valence-electron chi connectivity index (χ4n) is 2.40. The number of piperidine rings is 1. The molecule has 1 aromatic heterocycles. The molecule has 19 heavy (non-hydrogen) atoms. The Bertz CT molecular complexity index is 545. The number of rotatable bonds is 4. The van der Waals surface area contributed by atoms with Crippen LogP contribution in [-0.4, -0.2) is 47.1 Å². The normalized spacial score (nSPS) is 20.3. The molecular weight excluding hydrogens is 270 g/mol. The SMILES string of the molecule is CCC1(C(=O)O)CCN(S(=O)(=O)c2cn[nH]c2)CC1. The van der Waals surface area contributed by atoms with E-state index < -0.39 is 21.4 Å². The van der Waals surface area contributed by atoms with Gasteiger partial charge in [0.1, 0.15) is 4.90 Å². The molecule has 0 radical (unpaired) electrons. The van der Waals surface area contributed by atoms with Crippen LogP contribution in [-0.2, 0) is 14.8 Å². The third-order valence-electron chi connectivity index (χ3n) is 3.92. The minimum Gasteiger partial charge on any atom is -0.481 e. The number of hydrogen-bond acceptors (Lipinski definition) is 4. The van der Waals surface area contributed by atoms with Crippen LogP contribution in [0.5, 0.6) is 0 Å². The summed E-state index contributed by atoms with van der Waals surface area (Å²) in [6, 6.07) is 0. The molecule has 2 rings (SSSR count). The predicted octanol–water partition coefficient (Wildman–Crippen LogP) is 0.675. The minimum absolute atomic E-state index is 0.117. The number of carboxylic acids is 1. The van der Waals surface area contributed by atoms with Gasteiger partial charge in [0.2, 0.25) is 10.0 Å². The van der Waals surface area contributed by atoms with Crippen molar-refractivity contribution in [1.82, 2.24) is 14.5 Å². The summed E-state index contributed by atoms with van der Waals surface area (Å²) >= 11 is 0. The zero-order valence-corrected chi connectivity index (χ0v) is 11.5. The number of nitrogens with zero attached hydrogens (tertiary/aromatic N) is 2. The molecule has 1 saturated heterocycles. The molecule has 0 spiro atoms. The first-order valence-corrected chi connectivity index (χ1v) is 7.59. The third-order valence-corrected chi connectivity index (χ3v) is 5.78. The Kier molecular flexibility index (Phi) is 3.64. The third kappa shape index (κ3) is 2.37. The molecule has 0 saturated carbocycles. The number of carboxylic acid groups (broad SMARTS) is 1. The zero-order chi connectivity index (χ0) is 14.1. The van der Waals surface area contributed by atoms with Crippen LogP contribution >= 0.6 is 0 Å². The van der Waals surface area contributed by atoms with Crippen molar-refractivity contribution in [3.05, 3.63) is 12.4 Å². The predicted molar refractivity (Wildman–Crippen MR) is 66.9 cm³/mol. The van der Waals surface area contributed by atoms with Crippen molar-refractivity contribution in [3.8, 4) is 0 Å². The van der Waals surface area contributed by atoms with Gasteiger partial charge in [-0.25, -0.2) is 8.42 Å². The van der Waals surface area contributed by atoms with Crippen LogP contribution in [0.15, 0.2) is 17.3 Å². The smallest absolute Gasteiger partial charge is 0.309 e. The second-order valence-electron chi connectivity index (χ2n) is 4.78. The van der Waals surface area contributed by atoms with Crippen LogP contribution in [0.1, 0.15) is 26.2 Å². The van der Waals surface area contributed by atoms with E-state index >= 15 is 0 Å². The highest BCUT2D eigenvalue weighted by Gasteiger charge is 2.42. The van der Waals surface area contributed by atoms with Crippen molar-refractivity contribution in [2.45, 2.75) is 31.1 Å². The number of aliphatic carboxylic acids is 1. The molecule has 2 N–H and O–H groups in total. The van der Waals surface area contributed by atoms with Crippen molar-refractivity contribution in [2.75, 3.05) is 13.1 Å². The first-order chi connectivity index (χ1) is 8.92. The molecule has 1 aliphatic rings. The van der Waals surface area contributed by atoms with Crippen molar-refractivity contribution in [1.29, 1.82) is 0 Å². The van der Waals surface area contributed by atoms with Gasteiger partial charge in [0.25, 0.3) is 0 Å². The van der Waals surface area contributed by atoms with Gasteiger partial charge in [-0.2, -0.15) is 9.40 Å².